The molecular weight excluding hydrogens is 394 g/mol. The number of fused-ring (bicyclic) bond motifs is 1. The molecule has 162 valence electrons. The monoisotopic (exact) mass is 421 g/mol. The van der Waals surface area contributed by atoms with Crippen molar-refractivity contribution in [3.63, 3.8) is 0 Å². The number of pyridine rings is 1. The maximum atomic E-state index is 13.1. The van der Waals surface area contributed by atoms with Crippen LogP contribution in [0.4, 0.5) is 0 Å². The molecule has 1 atom stereocenters. The van der Waals surface area contributed by atoms with Crippen LogP contribution in [0.25, 0.3) is 0 Å². The topological polar surface area (TPSA) is 95.4 Å². The quantitative estimate of drug-likeness (QED) is 0.817. The molecule has 2 aliphatic rings. The smallest absolute Gasteiger partial charge is 0.266 e. The Balaban J connectivity index is 1.50. The predicted molar refractivity (Wildman–Crippen MR) is 115 cm³/mol. The molecule has 1 aromatic carbocycles. The minimum absolute atomic E-state index is 0.0251. The average Bonchev–Trinajstić information content (AvgIpc) is 3.12. The fourth-order valence-corrected chi connectivity index (χ4v) is 4.59. The first-order chi connectivity index (χ1) is 15.0. The van der Waals surface area contributed by atoms with Gasteiger partial charge in [0.05, 0.1) is 19.3 Å². The molecule has 1 N–H and O–H groups in total. The number of nitrogens with one attached hydrogen (secondary N) is 1. The Morgan fingerprint density at radius 3 is 2.77 bits per heavy atom. The summed E-state index contributed by atoms with van der Waals surface area (Å²) in [7, 11) is 0. The number of amides is 1. The van der Waals surface area contributed by atoms with Gasteiger partial charge in [-0.05, 0) is 61.9 Å². The van der Waals surface area contributed by atoms with Crippen molar-refractivity contribution >= 4 is 5.91 Å². The van der Waals surface area contributed by atoms with E-state index in [9.17, 15) is 14.9 Å². The van der Waals surface area contributed by atoms with Crippen LogP contribution in [-0.4, -0.2) is 35.5 Å². The number of aromatic nitrogens is 1. The van der Waals surface area contributed by atoms with Crippen molar-refractivity contribution in [2.45, 2.75) is 52.0 Å². The normalized spacial score (nSPS) is 17.8. The molecule has 0 spiro atoms. The standard InChI is InChI=1S/C24H27N3O4/c1-15-18(16(2)26-24(29)19(15)14-25)7-9-23(28)27-10-3-5-20(27)17-6-8-21-22(13-17)31-12-4-11-30-21/h6,8,13,20H,3-5,7,9-12H2,1-2H3,(H,26,29). The summed E-state index contributed by atoms with van der Waals surface area (Å²) in [4.78, 5) is 29.7. The van der Waals surface area contributed by atoms with Crippen molar-refractivity contribution in [3.8, 4) is 17.6 Å². The Morgan fingerprint density at radius 2 is 2.00 bits per heavy atom. The van der Waals surface area contributed by atoms with E-state index in [2.05, 4.69) is 4.98 Å². The zero-order valence-corrected chi connectivity index (χ0v) is 18.0. The molecule has 1 unspecified atom stereocenters. The van der Waals surface area contributed by atoms with Crippen LogP contribution in [0.15, 0.2) is 23.0 Å². The van der Waals surface area contributed by atoms with Gasteiger partial charge in [-0.25, -0.2) is 0 Å². The summed E-state index contributed by atoms with van der Waals surface area (Å²) in [5, 5.41) is 9.26. The lowest BCUT2D eigenvalue weighted by molar-refractivity contribution is -0.132. The SMILES string of the molecule is Cc1[nH]c(=O)c(C#N)c(C)c1CCC(=O)N1CCCC1c1ccc2c(c1)OCCCO2. The Hall–Kier alpha value is -3.27. The number of carbonyl (C=O) groups is 1. The molecule has 7 heteroatoms. The second-order valence-electron chi connectivity index (χ2n) is 8.17. The molecule has 1 aromatic heterocycles. The summed E-state index contributed by atoms with van der Waals surface area (Å²) in [6.45, 7) is 5.59. The average molecular weight is 421 g/mol. The van der Waals surface area contributed by atoms with Gasteiger partial charge in [0.2, 0.25) is 5.91 Å². The van der Waals surface area contributed by atoms with Gasteiger partial charge in [0.1, 0.15) is 11.6 Å². The lowest BCUT2D eigenvalue weighted by Gasteiger charge is -2.26. The number of hydrogen-bond donors (Lipinski definition) is 1. The van der Waals surface area contributed by atoms with E-state index in [4.69, 9.17) is 9.47 Å². The zero-order valence-electron chi connectivity index (χ0n) is 18.0. The van der Waals surface area contributed by atoms with Crippen LogP contribution in [0.5, 0.6) is 11.5 Å². The third kappa shape index (κ3) is 4.15. The highest BCUT2D eigenvalue weighted by Gasteiger charge is 2.30. The summed E-state index contributed by atoms with van der Waals surface area (Å²) in [6, 6.07) is 7.97. The van der Waals surface area contributed by atoms with Crippen LogP contribution in [0.3, 0.4) is 0 Å². The van der Waals surface area contributed by atoms with Gasteiger partial charge < -0.3 is 19.4 Å². The fraction of sp³-hybridized carbons (Fsp3) is 0.458. The third-order valence-electron chi connectivity index (χ3n) is 6.24. The van der Waals surface area contributed by atoms with Gasteiger partial charge in [0.25, 0.3) is 5.56 Å². The highest BCUT2D eigenvalue weighted by atomic mass is 16.5. The van der Waals surface area contributed by atoms with Gasteiger partial charge in [-0.1, -0.05) is 6.07 Å². The van der Waals surface area contributed by atoms with Gasteiger partial charge in [0, 0.05) is 25.1 Å². The Bertz CT molecular complexity index is 1100. The molecule has 1 saturated heterocycles. The Morgan fingerprint density at radius 1 is 1.23 bits per heavy atom. The maximum Gasteiger partial charge on any atom is 0.266 e. The Kier molecular flexibility index (Phi) is 5.99. The van der Waals surface area contributed by atoms with Crippen LogP contribution in [-0.2, 0) is 11.2 Å². The number of nitriles is 1. The number of nitrogens with zero attached hydrogens (tertiary/aromatic N) is 2. The first kappa shape index (κ1) is 21.0. The van der Waals surface area contributed by atoms with Crippen LogP contribution >= 0.6 is 0 Å². The number of H-pyrrole nitrogens is 1. The molecule has 0 aliphatic carbocycles. The van der Waals surface area contributed by atoms with E-state index >= 15 is 0 Å². The first-order valence-electron chi connectivity index (χ1n) is 10.8. The second-order valence-corrected chi connectivity index (χ2v) is 8.17. The summed E-state index contributed by atoms with van der Waals surface area (Å²) in [5.41, 5.74) is 3.07. The van der Waals surface area contributed by atoms with Crippen molar-refractivity contribution in [1.29, 1.82) is 5.26 Å². The first-order valence-corrected chi connectivity index (χ1v) is 10.8. The number of carbonyl (C=O) groups excluding carboxylic acids is 1. The van der Waals surface area contributed by atoms with Crippen molar-refractivity contribution < 1.29 is 14.3 Å². The van der Waals surface area contributed by atoms with E-state index in [1.165, 1.54) is 0 Å². The highest BCUT2D eigenvalue weighted by Crippen LogP contribution is 2.38. The molecule has 3 heterocycles. The van der Waals surface area contributed by atoms with E-state index in [0.717, 1.165) is 54.1 Å². The highest BCUT2D eigenvalue weighted by molar-refractivity contribution is 5.77. The molecule has 7 nitrogen and oxygen atoms in total. The number of ether oxygens (including phenoxy) is 2. The van der Waals surface area contributed by atoms with Crippen LogP contribution in [0, 0.1) is 25.2 Å². The Labute approximate surface area is 181 Å². The lowest BCUT2D eigenvalue weighted by atomic mass is 9.98. The molecular formula is C24H27N3O4. The zero-order chi connectivity index (χ0) is 22.0. The molecule has 0 saturated carbocycles. The summed E-state index contributed by atoms with van der Waals surface area (Å²) in [5.74, 6) is 1.59. The summed E-state index contributed by atoms with van der Waals surface area (Å²) >= 11 is 0. The summed E-state index contributed by atoms with van der Waals surface area (Å²) in [6.07, 6.45) is 3.56. The molecule has 2 aliphatic heterocycles. The van der Waals surface area contributed by atoms with Crippen molar-refractivity contribution in [1.82, 2.24) is 9.88 Å². The van der Waals surface area contributed by atoms with Crippen molar-refractivity contribution in [3.05, 3.63) is 56.5 Å². The fourth-order valence-electron chi connectivity index (χ4n) is 4.59. The number of rotatable bonds is 4. The molecule has 1 amide bonds. The molecule has 4 rings (SSSR count). The van der Waals surface area contributed by atoms with Gasteiger partial charge in [-0.3, -0.25) is 9.59 Å². The second kappa shape index (κ2) is 8.84. The van der Waals surface area contributed by atoms with Crippen molar-refractivity contribution in [2.75, 3.05) is 19.8 Å². The molecule has 1 fully saturated rings. The van der Waals surface area contributed by atoms with E-state index in [1.54, 1.807) is 6.92 Å². The van der Waals surface area contributed by atoms with Crippen molar-refractivity contribution in [2.24, 2.45) is 0 Å². The largest absolute Gasteiger partial charge is 0.490 e. The number of benzene rings is 1. The number of likely N-dealkylation sites (tertiary alicyclic amines) is 1. The van der Waals surface area contributed by atoms with Gasteiger partial charge >= 0.3 is 0 Å². The molecule has 0 bridgehead atoms. The van der Waals surface area contributed by atoms with E-state index < -0.39 is 0 Å². The molecule has 31 heavy (non-hydrogen) atoms. The van der Waals surface area contributed by atoms with Crippen LogP contribution in [0.2, 0.25) is 0 Å². The molecule has 2 aromatic rings. The van der Waals surface area contributed by atoms with Crippen LogP contribution in [0.1, 0.15) is 59.7 Å². The number of aromatic amines is 1. The lowest BCUT2D eigenvalue weighted by Crippen LogP contribution is -2.31. The third-order valence-corrected chi connectivity index (χ3v) is 6.24. The molecule has 0 radical (unpaired) electrons. The number of hydrogen-bond acceptors (Lipinski definition) is 5. The van der Waals surface area contributed by atoms with Gasteiger partial charge in [0.15, 0.2) is 11.5 Å². The maximum absolute atomic E-state index is 13.1. The number of aryl methyl sites for hydroxylation is 1. The minimum atomic E-state index is -0.374. The predicted octanol–water partition coefficient (Wildman–Crippen LogP) is 3.32. The van der Waals surface area contributed by atoms with E-state index in [0.29, 0.717) is 31.6 Å². The summed E-state index contributed by atoms with van der Waals surface area (Å²) < 4.78 is 11.5. The van der Waals surface area contributed by atoms with Gasteiger partial charge in [-0.15, -0.1) is 0 Å². The van der Waals surface area contributed by atoms with E-state index in [1.807, 2.05) is 36.1 Å². The minimum Gasteiger partial charge on any atom is -0.490 e. The van der Waals surface area contributed by atoms with Gasteiger partial charge in [-0.2, -0.15) is 5.26 Å². The van der Waals surface area contributed by atoms with E-state index in [-0.39, 0.29) is 23.1 Å². The van der Waals surface area contributed by atoms with Crippen LogP contribution < -0.4 is 15.0 Å².